The second-order valence-corrected chi connectivity index (χ2v) is 6.32. The lowest BCUT2D eigenvalue weighted by Crippen LogP contribution is -2.30. The SMILES string of the molecule is CC(C)(C)OC(=O)C1=CC=CSC1Oc1ccccc1. The summed E-state index contributed by atoms with van der Waals surface area (Å²) in [4.78, 5) is 12.2. The summed E-state index contributed by atoms with van der Waals surface area (Å²) in [7, 11) is 0. The Morgan fingerprint density at radius 2 is 1.90 bits per heavy atom. The van der Waals surface area contributed by atoms with Gasteiger partial charge in [-0.2, -0.15) is 0 Å². The van der Waals surface area contributed by atoms with E-state index in [4.69, 9.17) is 9.47 Å². The summed E-state index contributed by atoms with van der Waals surface area (Å²) >= 11 is 1.45. The van der Waals surface area contributed by atoms with Crippen molar-refractivity contribution >= 4 is 17.7 Å². The molecular weight excluding hydrogens is 272 g/mol. The molecule has 106 valence electrons. The van der Waals surface area contributed by atoms with Crippen molar-refractivity contribution in [1.29, 1.82) is 0 Å². The van der Waals surface area contributed by atoms with Crippen LogP contribution < -0.4 is 4.74 Å². The average Bonchev–Trinajstić information content (AvgIpc) is 2.38. The van der Waals surface area contributed by atoms with E-state index < -0.39 is 5.60 Å². The molecule has 4 heteroatoms. The van der Waals surface area contributed by atoms with Crippen molar-refractivity contribution in [2.75, 3.05) is 0 Å². The highest BCUT2D eigenvalue weighted by Gasteiger charge is 2.28. The van der Waals surface area contributed by atoms with Crippen LogP contribution in [0, 0.1) is 0 Å². The lowest BCUT2D eigenvalue weighted by Gasteiger charge is -2.25. The second-order valence-electron chi connectivity index (χ2n) is 5.35. The molecule has 1 heterocycles. The van der Waals surface area contributed by atoms with Gasteiger partial charge in [0.1, 0.15) is 11.4 Å². The monoisotopic (exact) mass is 290 g/mol. The third-order valence-electron chi connectivity index (χ3n) is 2.43. The van der Waals surface area contributed by atoms with Gasteiger partial charge in [0, 0.05) is 0 Å². The Morgan fingerprint density at radius 1 is 1.20 bits per heavy atom. The summed E-state index contributed by atoms with van der Waals surface area (Å²) in [5.41, 5.74) is -0.366. The number of rotatable bonds is 3. The van der Waals surface area contributed by atoms with Gasteiger partial charge in [-0.25, -0.2) is 4.79 Å². The number of esters is 1. The molecule has 2 rings (SSSR count). The molecule has 1 aromatic rings. The molecule has 1 aliphatic rings. The Bertz CT molecular complexity index is 526. The summed E-state index contributed by atoms with van der Waals surface area (Å²) in [6, 6.07) is 9.45. The largest absolute Gasteiger partial charge is 0.474 e. The Hall–Kier alpha value is -1.68. The van der Waals surface area contributed by atoms with Crippen molar-refractivity contribution in [3.63, 3.8) is 0 Å². The zero-order chi connectivity index (χ0) is 14.6. The van der Waals surface area contributed by atoms with Crippen LogP contribution >= 0.6 is 11.8 Å². The fraction of sp³-hybridized carbons (Fsp3) is 0.312. The van der Waals surface area contributed by atoms with Gasteiger partial charge >= 0.3 is 5.97 Å². The first-order chi connectivity index (χ1) is 9.46. The molecule has 0 radical (unpaired) electrons. The minimum Gasteiger partial charge on any atom is -0.474 e. The zero-order valence-electron chi connectivity index (χ0n) is 11.8. The number of thioether (sulfide) groups is 1. The number of allylic oxidation sites excluding steroid dienone is 2. The molecule has 0 fully saturated rings. The molecular formula is C16H18O3S. The van der Waals surface area contributed by atoms with E-state index in [9.17, 15) is 4.79 Å². The maximum atomic E-state index is 12.2. The number of carbonyl (C=O) groups is 1. The summed E-state index contributed by atoms with van der Waals surface area (Å²) in [6.45, 7) is 5.55. The molecule has 0 bridgehead atoms. The molecule has 3 nitrogen and oxygen atoms in total. The highest BCUT2D eigenvalue weighted by Crippen LogP contribution is 2.29. The Labute approximate surface area is 123 Å². The molecule has 1 unspecified atom stereocenters. The first kappa shape index (κ1) is 14.7. The molecule has 1 atom stereocenters. The number of benzene rings is 1. The zero-order valence-corrected chi connectivity index (χ0v) is 12.6. The van der Waals surface area contributed by atoms with Crippen LogP contribution in [0.1, 0.15) is 20.8 Å². The maximum absolute atomic E-state index is 12.2. The van der Waals surface area contributed by atoms with Gasteiger partial charge in [0.2, 0.25) is 0 Å². The average molecular weight is 290 g/mol. The van der Waals surface area contributed by atoms with Crippen molar-refractivity contribution in [2.45, 2.75) is 31.8 Å². The normalized spacial score (nSPS) is 18.4. The van der Waals surface area contributed by atoms with E-state index >= 15 is 0 Å². The topological polar surface area (TPSA) is 35.5 Å². The van der Waals surface area contributed by atoms with Crippen molar-refractivity contribution in [1.82, 2.24) is 0 Å². The van der Waals surface area contributed by atoms with Crippen LogP contribution in [-0.4, -0.2) is 17.0 Å². The van der Waals surface area contributed by atoms with Gasteiger partial charge in [-0.15, -0.1) is 0 Å². The van der Waals surface area contributed by atoms with Crippen molar-refractivity contribution < 1.29 is 14.3 Å². The Balaban J connectivity index is 2.11. The van der Waals surface area contributed by atoms with E-state index in [0.29, 0.717) is 5.57 Å². The first-order valence-electron chi connectivity index (χ1n) is 6.43. The Morgan fingerprint density at radius 3 is 2.55 bits per heavy atom. The van der Waals surface area contributed by atoms with Crippen LogP contribution in [0.3, 0.4) is 0 Å². The molecule has 1 aliphatic heterocycles. The van der Waals surface area contributed by atoms with E-state index in [1.165, 1.54) is 11.8 Å². The van der Waals surface area contributed by atoms with E-state index in [2.05, 4.69) is 0 Å². The van der Waals surface area contributed by atoms with Gasteiger partial charge in [0.15, 0.2) is 5.44 Å². The second kappa shape index (κ2) is 6.18. The summed E-state index contributed by atoms with van der Waals surface area (Å²) in [6.07, 6.45) is 3.58. The highest BCUT2D eigenvalue weighted by molar-refractivity contribution is 8.02. The summed E-state index contributed by atoms with van der Waals surface area (Å²) in [5, 5.41) is 1.90. The summed E-state index contributed by atoms with van der Waals surface area (Å²) in [5.74, 6) is 0.394. The fourth-order valence-electron chi connectivity index (χ4n) is 1.63. The van der Waals surface area contributed by atoms with Gasteiger partial charge in [-0.3, -0.25) is 0 Å². The summed E-state index contributed by atoms with van der Waals surface area (Å²) < 4.78 is 11.3. The molecule has 0 N–H and O–H groups in total. The minimum atomic E-state index is -0.513. The molecule has 0 saturated heterocycles. The van der Waals surface area contributed by atoms with E-state index in [0.717, 1.165) is 5.75 Å². The van der Waals surface area contributed by atoms with Gasteiger partial charge in [0.05, 0.1) is 5.57 Å². The number of ether oxygens (including phenoxy) is 2. The van der Waals surface area contributed by atoms with Crippen LogP contribution in [0.2, 0.25) is 0 Å². The fourth-order valence-corrected chi connectivity index (χ4v) is 2.43. The number of hydrogen-bond acceptors (Lipinski definition) is 4. The van der Waals surface area contributed by atoms with Crippen molar-refractivity contribution in [3.05, 3.63) is 53.5 Å². The maximum Gasteiger partial charge on any atom is 0.339 e. The van der Waals surface area contributed by atoms with Crippen molar-refractivity contribution in [2.24, 2.45) is 0 Å². The predicted octanol–water partition coefficient (Wildman–Crippen LogP) is 3.92. The predicted molar refractivity (Wildman–Crippen MR) is 81.5 cm³/mol. The van der Waals surface area contributed by atoms with Gasteiger partial charge in [0.25, 0.3) is 0 Å². The molecule has 0 spiro atoms. The minimum absolute atomic E-state index is 0.338. The van der Waals surface area contributed by atoms with E-state index in [1.807, 2.05) is 62.6 Å². The molecule has 1 aromatic carbocycles. The molecule has 0 aromatic heterocycles. The third-order valence-corrected chi connectivity index (χ3v) is 3.34. The smallest absolute Gasteiger partial charge is 0.339 e. The van der Waals surface area contributed by atoms with Gasteiger partial charge in [-0.05, 0) is 44.4 Å². The first-order valence-corrected chi connectivity index (χ1v) is 7.37. The number of para-hydroxylation sites is 1. The van der Waals surface area contributed by atoms with Crippen molar-refractivity contribution in [3.8, 4) is 5.75 Å². The van der Waals surface area contributed by atoms with Crippen LogP contribution in [-0.2, 0) is 9.53 Å². The lowest BCUT2D eigenvalue weighted by molar-refractivity contribution is -0.150. The van der Waals surface area contributed by atoms with Crippen LogP contribution in [0.4, 0.5) is 0 Å². The highest BCUT2D eigenvalue weighted by atomic mass is 32.2. The standard InChI is InChI=1S/C16H18O3S/c1-16(2,3)19-14(17)13-10-7-11-20-15(13)18-12-8-5-4-6-9-12/h4-11,15H,1-3H3. The molecule has 0 saturated carbocycles. The van der Waals surface area contributed by atoms with Gasteiger partial charge in [-0.1, -0.05) is 36.0 Å². The lowest BCUT2D eigenvalue weighted by atomic mass is 10.2. The number of hydrogen-bond donors (Lipinski definition) is 0. The molecule has 20 heavy (non-hydrogen) atoms. The molecule has 0 aliphatic carbocycles. The Kier molecular flexibility index (Phi) is 4.55. The van der Waals surface area contributed by atoms with E-state index in [-0.39, 0.29) is 11.4 Å². The van der Waals surface area contributed by atoms with Crippen LogP contribution in [0.15, 0.2) is 53.5 Å². The quantitative estimate of drug-likeness (QED) is 0.790. The third kappa shape index (κ3) is 4.17. The van der Waals surface area contributed by atoms with E-state index in [1.54, 1.807) is 6.08 Å². The van der Waals surface area contributed by atoms with Gasteiger partial charge < -0.3 is 9.47 Å². The van der Waals surface area contributed by atoms with Crippen LogP contribution in [0.25, 0.3) is 0 Å². The molecule has 0 amide bonds. The van der Waals surface area contributed by atoms with Crippen LogP contribution in [0.5, 0.6) is 5.75 Å². The number of carbonyl (C=O) groups excluding carboxylic acids is 1.